The molecule has 0 aliphatic carbocycles. The zero-order valence-corrected chi connectivity index (χ0v) is 15.8. The fourth-order valence-electron chi connectivity index (χ4n) is 2.45. The summed E-state index contributed by atoms with van der Waals surface area (Å²) in [6.45, 7) is 1.43. The van der Waals surface area contributed by atoms with Gasteiger partial charge in [0.05, 0.1) is 27.4 Å². The molecule has 0 aliphatic heterocycles. The van der Waals surface area contributed by atoms with Crippen molar-refractivity contribution in [2.24, 2.45) is 0 Å². The van der Waals surface area contributed by atoms with E-state index in [2.05, 4.69) is 5.32 Å². The van der Waals surface area contributed by atoms with E-state index in [0.29, 0.717) is 17.2 Å². The molecule has 144 valence electrons. The highest BCUT2D eigenvalue weighted by atomic mass is 16.5. The molecule has 1 atom stereocenters. The Morgan fingerprint density at radius 2 is 1.67 bits per heavy atom. The number of hydrogen-bond donors (Lipinski definition) is 1. The minimum absolute atomic E-state index is 0.215. The number of hydrogen-bond acceptors (Lipinski definition) is 6. The molecule has 0 saturated carbocycles. The summed E-state index contributed by atoms with van der Waals surface area (Å²) < 4.78 is 20.5. The summed E-state index contributed by atoms with van der Waals surface area (Å²) in [5.41, 5.74) is 1.10. The van der Waals surface area contributed by atoms with Crippen molar-refractivity contribution in [2.75, 3.05) is 27.9 Å². The highest BCUT2D eigenvalue weighted by Gasteiger charge is 2.17. The Kier molecular flexibility index (Phi) is 7.05. The van der Waals surface area contributed by atoms with Crippen LogP contribution in [-0.4, -0.2) is 39.8 Å². The number of ether oxygens (including phenoxy) is 4. The first-order valence-corrected chi connectivity index (χ1v) is 8.31. The van der Waals surface area contributed by atoms with Crippen LogP contribution in [0.5, 0.6) is 17.2 Å². The van der Waals surface area contributed by atoms with Crippen molar-refractivity contribution in [1.82, 2.24) is 5.32 Å². The van der Waals surface area contributed by atoms with E-state index in [1.54, 1.807) is 19.2 Å². The Labute approximate surface area is 158 Å². The molecule has 7 heteroatoms. The Morgan fingerprint density at radius 3 is 2.33 bits per heavy atom. The van der Waals surface area contributed by atoms with Gasteiger partial charge in [-0.05, 0) is 36.8 Å². The summed E-state index contributed by atoms with van der Waals surface area (Å²) in [5.74, 6) is 0.495. The molecule has 0 bridgehead atoms. The maximum Gasteiger partial charge on any atom is 0.342 e. The Hall–Kier alpha value is -3.22. The van der Waals surface area contributed by atoms with Gasteiger partial charge in [-0.25, -0.2) is 4.79 Å². The van der Waals surface area contributed by atoms with Gasteiger partial charge in [0.25, 0.3) is 5.91 Å². The van der Waals surface area contributed by atoms with Crippen molar-refractivity contribution in [2.45, 2.75) is 13.0 Å². The van der Waals surface area contributed by atoms with Crippen LogP contribution in [-0.2, 0) is 9.53 Å². The molecule has 0 heterocycles. The quantitative estimate of drug-likeness (QED) is 0.717. The highest BCUT2D eigenvalue weighted by molar-refractivity contribution is 5.94. The van der Waals surface area contributed by atoms with Gasteiger partial charge >= 0.3 is 5.97 Å². The number of benzene rings is 2. The first-order chi connectivity index (χ1) is 13.0. The molecule has 2 rings (SSSR count). The fraction of sp³-hybridized carbons (Fsp3) is 0.300. The smallest absolute Gasteiger partial charge is 0.342 e. The molecule has 0 saturated heterocycles. The Balaban J connectivity index is 1.94. The lowest BCUT2D eigenvalue weighted by Crippen LogP contribution is -2.31. The third-order valence-corrected chi connectivity index (χ3v) is 3.93. The van der Waals surface area contributed by atoms with Crippen LogP contribution in [0.25, 0.3) is 0 Å². The van der Waals surface area contributed by atoms with Crippen molar-refractivity contribution < 1.29 is 28.5 Å². The largest absolute Gasteiger partial charge is 0.497 e. The number of carbonyl (C=O) groups excluding carboxylic acids is 2. The van der Waals surface area contributed by atoms with E-state index in [1.165, 1.54) is 20.3 Å². The molecule has 1 N–H and O–H groups in total. The zero-order valence-electron chi connectivity index (χ0n) is 15.8. The Morgan fingerprint density at radius 1 is 0.963 bits per heavy atom. The average Bonchev–Trinajstić information content (AvgIpc) is 2.71. The zero-order chi connectivity index (χ0) is 19.8. The highest BCUT2D eigenvalue weighted by Crippen LogP contribution is 2.25. The third-order valence-electron chi connectivity index (χ3n) is 3.93. The maximum atomic E-state index is 12.2. The lowest BCUT2D eigenvalue weighted by molar-refractivity contribution is -0.124. The summed E-state index contributed by atoms with van der Waals surface area (Å²) in [6, 6.07) is 11.8. The molecule has 0 aliphatic rings. The number of rotatable bonds is 8. The molecule has 0 spiro atoms. The number of esters is 1. The van der Waals surface area contributed by atoms with Crippen LogP contribution in [0, 0.1) is 0 Å². The normalized spacial score (nSPS) is 11.3. The maximum absolute atomic E-state index is 12.2. The molecular weight excluding hydrogens is 350 g/mol. The second-order valence-corrected chi connectivity index (χ2v) is 5.71. The molecule has 2 aromatic rings. The van der Waals surface area contributed by atoms with Crippen molar-refractivity contribution in [1.29, 1.82) is 0 Å². The SMILES string of the molecule is COc1cccc(C(C)NC(=O)COC(=O)c2ccc(OC)cc2OC)c1. The first-order valence-electron chi connectivity index (χ1n) is 8.31. The van der Waals surface area contributed by atoms with Crippen molar-refractivity contribution in [3.05, 3.63) is 53.6 Å². The minimum atomic E-state index is -0.654. The van der Waals surface area contributed by atoms with Crippen LogP contribution in [0.2, 0.25) is 0 Å². The minimum Gasteiger partial charge on any atom is -0.497 e. The second kappa shape index (κ2) is 9.47. The number of nitrogens with one attached hydrogen (secondary N) is 1. The van der Waals surface area contributed by atoms with E-state index >= 15 is 0 Å². The molecule has 0 radical (unpaired) electrons. The van der Waals surface area contributed by atoms with Gasteiger partial charge in [0, 0.05) is 6.07 Å². The van der Waals surface area contributed by atoms with Gasteiger partial charge in [0.15, 0.2) is 6.61 Å². The van der Waals surface area contributed by atoms with E-state index in [4.69, 9.17) is 18.9 Å². The molecule has 2 aromatic carbocycles. The number of carbonyl (C=O) groups is 2. The summed E-state index contributed by atoms with van der Waals surface area (Å²) in [6.07, 6.45) is 0. The van der Waals surface area contributed by atoms with E-state index in [9.17, 15) is 9.59 Å². The summed E-state index contributed by atoms with van der Waals surface area (Å²) in [4.78, 5) is 24.3. The number of amides is 1. The van der Waals surface area contributed by atoms with Crippen LogP contribution in [0.4, 0.5) is 0 Å². The molecular formula is C20H23NO6. The fourth-order valence-corrected chi connectivity index (χ4v) is 2.45. The molecule has 1 amide bonds. The van der Waals surface area contributed by atoms with Gasteiger partial charge < -0.3 is 24.3 Å². The molecule has 7 nitrogen and oxygen atoms in total. The van der Waals surface area contributed by atoms with Crippen LogP contribution in [0.15, 0.2) is 42.5 Å². The second-order valence-electron chi connectivity index (χ2n) is 5.71. The monoisotopic (exact) mass is 373 g/mol. The molecule has 1 unspecified atom stereocenters. The van der Waals surface area contributed by atoms with Gasteiger partial charge in [-0.2, -0.15) is 0 Å². The van der Waals surface area contributed by atoms with Gasteiger partial charge in [-0.1, -0.05) is 12.1 Å². The molecule has 0 fully saturated rings. The van der Waals surface area contributed by atoms with Gasteiger partial charge in [0.2, 0.25) is 0 Å². The lowest BCUT2D eigenvalue weighted by atomic mass is 10.1. The predicted molar refractivity (Wildman–Crippen MR) is 99.4 cm³/mol. The van der Waals surface area contributed by atoms with E-state index < -0.39 is 18.5 Å². The number of methoxy groups -OCH3 is 3. The summed E-state index contributed by atoms with van der Waals surface area (Å²) in [5, 5.41) is 2.78. The van der Waals surface area contributed by atoms with E-state index in [-0.39, 0.29) is 11.6 Å². The van der Waals surface area contributed by atoms with E-state index in [0.717, 1.165) is 5.56 Å². The van der Waals surface area contributed by atoms with Crippen LogP contribution in [0.3, 0.4) is 0 Å². The first kappa shape index (κ1) is 20.1. The average molecular weight is 373 g/mol. The van der Waals surface area contributed by atoms with Crippen LogP contribution in [0.1, 0.15) is 28.9 Å². The van der Waals surface area contributed by atoms with Crippen molar-refractivity contribution in [3.8, 4) is 17.2 Å². The van der Waals surface area contributed by atoms with Crippen LogP contribution >= 0.6 is 0 Å². The summed E-state index contributed by atoms with van der Waals surface area (Å²) >= 11 is 0. The lowest BCUT2D eigenvalue weighted by Gasteiger charge is -2.15. The van der Waals surface area contributed by atoms with Gasteiger partial charge in [-0.15, -0.1) is 0 Å². The molecule has 27 heavy (non-hydrogen) atoms. The molecule has 0 aromatic heterocycles. The summed E-state index contributed by atoms with van der Waals surface area (Å²) in [7, 11) is 4.53. The predicted octanol–water partition coefficient (Wildman–Crippen LogP) is 2.75. The standard InChI is InChI=1S/C20H23NO6/c1-13(14-6-5-7-15(10-14)24-2)21-19(22)12-27-20(23)17-9-8-16(25-3)11-18(17)26-4/h5-11,13H,12H2,1-4H3,(H,21,22). The Bertz CT molecular complexity index is 805. The van der Waals surface area contributed by atoms with E-state index in [1.807, 2.05) is 31.2 Å². The van der Waals surface area contributed by atoms with Crippen molar-refractivity contribution >= 4 is 11.9 Å². The van der Waals surface area contributed by atoms with Crippen LogP contribution < -0.4 is 19.5 Å². The third kappa shape index (κ3) is 5.37. The van der Waals surface area contributed by atoms with Crippen molar-refractivity contribution in [3.63, 3.8) is 0 Å². The topological polar surface area (TPSA) is 83.1 Å². The van der Waals surface area contributed by atoms with Gasteiger partial charge in [-0.3, -0.25) is 4.79 Å². The van der Waals surface area contributed by atoms with Gasteiger partial charge in [0.1, 0.15) is 22.8 Å².